The van der Waals surface area contributed by atoms with E-state index in [0.717, 1.165) is 31.7 Å². The monoisotopic (exact) mass is 391 g/mol. The molecule has 0 unspecified atom stereocenters. The minimum atomic E-state index is -4.53. The molecule has 156 valence electrons. The zero-order chi connectivity index (χ0) is 20.5. The first-order chi connectivity index (χ1) is 12.6. The standard InChI is InChI=1S/C20H32F3NO3/c1-3-4-5-6-7-15(2)27-18-9-8-16(12-17(18)20(21,22)23)10-11-19(24,13-25)14-26/h8-9,12,15,25-26H,3-7,10-11,13-14,24H2,1-2H3/t15-/m0/s1. The van der Waals surface area contributed by atoms with E-state index in [-0.39, 0.29) is 24.7 Å². The number of rotatable bonds is 12. The third kappa shape index (κ3) is 8.07. The highest BCUT2D eigenvalue weighted by Gasteiger charge is 2.35. The van der Waals surface area contributed by atoms with Crippen molar-refractivity contribution in [2.24, 2.45) is 5.73 Å². The maximum Gasteiger partial charge on any atom is 0.419 e. The van der Waals surface area contributed by atoms with Crippen LogP contribution in [0.1, 0.15) is 63.5 Å². The molecule has 1 atom stereocenters. The van der Waals surface area contributed by atoms with Gasteiger partial charge in [0.25, 0.3) is 0 Å². The SMILES string of the molecule is CCCCCC[C@H](C)Oc1ccc(CCC(N)(CO)CO)cc1C(F)(F)F. The van der Waals surface area contributed by atoms with E-state index >= 15 is 0 Å². The van der Waals surface area contributed by atoms with E-state index in [1.807, 2.05) is 0 Å². The Kier molecular flexibility index (Phi) is 9.56. The lowest BCUT2D eigenvalue weighted by Crippen LogP contribution is -2.47. The van der Waals surface area contributed by atoms with Gasteiger partial charge in [-0.2, -0.15) is 13.2 Å². The number of aliphatic hydroxyl groups excluding tert-OH is 2. The summed E-state index contributed by atoms with van der Waals surface area (Å²) in [5.74, 6) is -0.169. The van der Waals surface area contributed by atoms with Crippen LogP contribution >= 0.6 is 0 Å². The molecule has 0 aliphatic rings. The number of hydrogen-bond acceptors (Lipinski definition) is 4. The van der Waals surface area contributed by atoms with E-state index < -0.39 is 30.5 Å². The summed E-state index contributed by atoms with van der Waals surface area (Å²) in [5.41, 5.74) is 4.20. The highest BCUT2D eigenvalue weighted by atomic mass is 19.4. The van der Waals surface area contributed by atoms with Crippen molar-refractivity contribution >= 4 is 0 Å². The molecule has 27 heavy (non-hydrogen) atoms. The first kappa shape index (κ1) is 23.7. The van der Waals surface area contributed by atoms with Gasteiger partial charge in [0, 0.05) is 0 Å². The molecule has 0 saturated heterocycles. The van der Waals surface area contributed by atoms with Crippen molar-refractivity contribution in [2.75, 3.05) is 13.2 Å². The molecule has 0 radical (unpaired) electrons. The van der Waals surface area contributed by atoms with Crippen LogP contribution in [0.2, 0.25) is 0 Å². The Balaban J connectivity index is 2.84. The van der Waals surface area contributed by atoms with Gasteiger partial charge in [-0.15, -0.1) is 0 Å². The second kappa shape index (κ2) is 10.9. The average Bonchev–Trinajstić information content (AvgIpc) is 2.63. The summed E-state index contributed by atoms with van der Waals surface area (Å²) in [7, 11) is 0. The predicted octanol–water partition coefficient (Wildman–Crippen LogP) is 4.06. The Labute approximate surface area is 159 Å². The fourth-order valence-corrected chi connectivity index (χ4v) is 2.79. The maximum atomic E-state index is 13.5. The number of aryl methyl sites for hydroxylation is 1. The van der Waals surface area contributed by atoms with Crippen molar-refractivity contribution < 1.29 is 28.1 Å². The van der Waals surface area contributed by atoms with Crippen LogP contribution in [0.3, 0.4) is 0 Å². The number of ether oxygens (including phenoxy) is 1. The zero-order valence-electron chi connectivity index (χ0n) is 16.2. The fraction of sp³-hybridized carbons (Fsp3) is 0.700. The maximum absolute atomic E-state index is 13.5. The molecule has 0 amide bonds. The number of alkyl halides is 3. The molecule has 0 saturated carbocycles. The molecule has 0 bridgehead atoms. The average molecular weight is 391 g/mol. The van der Waals surface area contributed by atoms with Gasteiger partial charge in [0.1, 0.15) is 5.75 Å². The predicted molar refractivity (Wildman–Crippen MR) is 99.7 cm³/mol. The van der Waals surface area contributed by atoms with Crippen LogP contribution < -0.4 is 10.5 Å². The molecule has 0 aromatic heterocycles. The first-order valence-corrected chi connectivity index (χ1v) is 9.52. The van der Waals surface area contributed by atoms with E-state index in [2.05, 4.69) is 6.92 Å². The smallest absolute Gasteiger partial charge is 0.419 e. The molecular weight excluding hydrogens is 359 g/mol. The molecule has 1 aromatic rings. The Hall–Kier alpha value is -1.31. The quantitative estimate of drug-likeness (QED) is 0.470. The Morgan fingerprint density at radius 1 is 1.11 bits per heavy atom. The molecule has 1 rings (SSSR count). The second-order valence-corrected chi connectivity index (χ2v) is 7.28. The van der Waals surface area contributed by atoms with Gasteiger partial charge in [0.05, 0.1) is 30.4 Å². The molecule has 0 heterocycles. The van der Waals surface area contributed by atoms with Crippen LogP contribution in [0.5, 0.6) is 5.75 Å². The lowest BCUT2D eigenvalue weighted by Gasteiger charge is -2.25. The van der Waals surface area contributed by atoms with Gasteiger partial charge >= 0.3 is 6.18 Å². The van der Waals surface area contributed by atoms with Crippen molar-refractivity contribution in [3.8, 4) is 5.75 Å². The van der Waals surface area contributed by atoms with Gasteiger partial charge in [-0.1, -0.05) is 32.3 Å². The van der Waals surface area contributed by atoms with E-state index in [4.69, 9.17) is 10.5 Å². The number of halogens is 3. The molecule has 0 fully saturated rings. The molecule has 1 aromatic carbocycles. The summed E-state index contributed by atoms with van der Waals surface area (Å²) < 4.78 is 45.9. The zero-order valence-corrected chi connectivity index (χ0v) is 16.2. The summed E-state index contributed by atoms with van der Waals surface area (Å²) in [4.78, 5) is 0. The van der Waals surface area contributed by atoms with Crippen molar-refractivity contribution in [3.05, 3.63) is 29.3 Å². The summed E-state index contributed by atoms with van der Waals surface area (Å²) in [5, 5.41) is 18.4. The normalized spacial score (nSPS) is 13.6. The van der Waals surface area contributed by atoms with E-state index in [1.165, 1.54) is 6.07 Å². The minimum Gasteiger partial charge on any atom is -0.490 e. The molecule has 4 N–H and O–H groups in total. The molecular formula is C20H32F3NO3. The summed E-state index contributed by atoms with van der Waals surface area (Å²) in [6.45, 7) is 3.01. The van der Waals surface area contributed by atoms with E-state index in [1.54, 1.807) is 13.0 Å². The molecule has 0 spiro atoms. The van der Waals surface area contributed by atoms with Crippen molar-refractivity contribution in [2.45, 2.75) is 76.6 Å². The van der Waals surface area contributed by atoms with Gasteiger partial charge in [-0.05, 0) is 50.3 Å². The highest BCUT2D eigenvalue weighted by molar-refractivity contribution is 5.39. The van der Waals surface area contributed by atoms with Gasteiger partial charge in [-0.3, -0.25) is 0 Å². The Morgan fingerprint density at radius 2 is 1.78 bits per heavy atom. The van der Waals surface area contributed by atoms with Gasteiger partial charge in [0.2, 0.25) is 0 Å². The summed E-state index contributed by atoms with van der Waals surface area (Å²) in [6, 6.07) is 3.98. The van der Waals surface area contributed by atoms with Crippen molar-refractivity contribution in [3.63, 3.8) is 0 Å². The van der Waals surface area contributed by atoms with Crippen LogP contribution in [-0.2, 0) is 12.6 Å². The third-order valence-corrected chi connectivity index (χ3v) is 4.68. The van der Waals surface area contributed by atoms with Crippen molar-refractivity contribution in [1.82, 2.24) is 0 Å². The van der Waals surface area contributed by atoms with E-state index in [0.29, 0.717) is 12.0 Å². The Morgan fingerprint density at radius 3 is 2.33 bits per heavy atom. The first-order valence-electron chi connectivity index (χ1n) is 9.52. The molecule has 7 heteroatoms. The number of nitrogens with two attached hydrogens (primary N) is 1. The van der Waals surface area contributed by atoms with Crippen LogP contribution in [0.15, 0.2) is 18.2 Å². The lowest BCUT2D eigenvalue weighted by atomic mass is 9.93. The van der Waals surface area contributed by atoms with Gasteiger partial charge in [-0.25, -0.2) is 0 Å². The van der Waals surface area contributed by atoms with Crippen molar-refractivity contribution in [1.29, 1.82) is 0 Å². The molecule has 4 nitrogen and oxygen atoms in total. The minimum absolute atomic E-state index is 0.169. The fourth-order valence-electron chi connectivity index (χ4n) is 2.79. The van der Waals surface area contributed by atoms with Crippen LogP contribution in [0.25, 0.3) is 0 Å². The van der Waals surface area contributed by atoms with Crippen LogP contribution in [0, 0.1) is 0 Å². The van der Waals surface area contributed by atoms with Gasteiger partial charge in [0.15, 0.2) is 0 Å². The molecule has 0 aliphatic heterocycles. The number of hydrogen-bond donors (Lipinski definition) is 3. The second-order valence-electron chi connectivity index (χ2n) is 7.28. The summed E-state index contributed by atoms with van der Waals surface area (Å²) >= 11 is 0. The summed E-state index contributed by atoms with van der Waals surface area (Å²) in [6.07, 6.45) is 0.461. The number of unbranched alkanes of at least 4 members (excludes halogenated alkanes) is 3. The topological polar surface area (TPSA) is 75.7 Å². The third-order valence-electron chi connectivity index (χ3n) is 4.68. The Bertz CT molecular complexity index is 560. The molecule has 0 aliphatic carbocycles. The largest absolute Gasteiger partial charge is 0.490 e. The van der Waals surface area contributed by atoms with Crippen LogP contribution in [0.4, 0.5) is 13.2 Å². The van der Waals surface area contributed by atoms with E-state index in [9.17, 15) is 23.4 Å². The number of benzene rings is 1. The highest BCUT2D eigenvalue weighted by Crippen LogP contribution is 2.38. The van der Waals surface area contributed by atoms with Crippen LogP contribution in [-0.4, -0.2) is 35.1 Å². The number of aliphatic hydroxyl groups is 2. The lowest BCUT2D eigenvalue weighted by molar-refractivity contribution is -0.139. The van der Waals surface area contributed by atoms with Gasteiger partial charge < -0.3 is 20.7 Å².